The third kappa shape index (κ3) is 8.95. The second-order valence-electron chi connectivity index (χ2n) is 8.50. The second-order valence-corrected chi connectivity index (χ2v) is 8.50. The monoisotopic (exact) mass is 482 g/mol. The van der Waals surface area contributed by atoms with Crippen molar-refractivity contribution in [1.82, 2.24) is 15.5 Å². The van der Waals surface area contributed by atoms with Crippen molar-refractivity contribution in [2.75, 3.05) is 13.1 Å². The van der Waals surface area contributed by atoms with Crippen molar-refractivity contribution in [2.45, 2.75) is 51.7 Å². The number of likely N-dealkylation sites (N-methyl/N-ethyl adjacent to an activating group) is 1. The number of rotatable bonds is 12. The number of Topliss-reactive ketones (excluding diaryl/α,β-unsaturated/α-hetero) is 1. The molecule has 3 amide bonds. The maximum absolute atomic E-state index is 12.6. The van der Waals surface area contributed by atoms with E-state index in [-0.39, 0.29) is 24.5 Å². The molecule has 2 aromatic rings. The van der Waals surface area contributed by atoms with Gasteiger partial charge in [-0.25, -0.2) is 0 Å². The van der Waals surface area contributed by atoms with Gasteiger partial charge in [0.2, 0.25) is 17.7 Å². The molecule has 0 aliphatic carbocycles. The van der Waals surface area contributed by atoms with Crippen molar-refractivity contribution in [3.63, 3.8) is 0 Å². The number of nitrogens with zero attached hydrogens (tertiary/aromatic N) is 1. The second kappa shape index (κ2) is 13.4. The van der Waals surface area contributed by atoms with Gasteiger partial charge in [-0.3, -0.25) is 29.4 Å². The Labute approximate surface area is 205 Å². The summed E-state index contributed by atoms with van der Waals surface area (Å²) in [6.07, 6.45) is 0.676. The van der Waals surface area contributed by atoms with E-state index < -0.39 is 35.8 Å². The van der Waals surface area contributed by atoms with Crippen LogP contribution in [0.3, 0.4) is 0 Å². The van der Waals surface area contributed by atoms with Crippen LogP contribution in [-0.4, -0.2) is 64.7 Å². The zero-order chi connectivity index (χ0) is 26.0. The Morgan fingerprint density at radius 2 is 1.54 bits per heavy atom. The molecule has 35 heavy (non-hydrogen) atoms. The van der Waals surface area contributed by atoms with Gasteiger partial charge in [0.1, 0.15) is 17.6 Å². The largest absolute Gasteiger partial charge is 0.508 e. The first-order valence-corrected chi connectivity index (χ1v) is 11.6. The number of phenolic OH excluding ortho intramolecular Hbond substituents is 1. The summed E-state index contributed by atoms with van der Waals surface area (Å²) in [7, 11) is 0. The molecule has 188 valence electrons. The molecule has 0 heterocycles. The predicted octanol–water partition coefficient (Wildman–Crippen LogP) is 0.932. The SMILES string of the molecule is CCN(CC(=O)NC(=O)[C@@H](C)NC(=O)[C@@H](N)Cc1ccc(O)cc1)C(Cc1ccccc1)C(C)=O. The van der Waals surface area contributed by atoms with Crippen LogP contribution in [-0.2, 0) is 32.0 Å². The minimum absolute atomic E-state index is 0.0712. The molecule has 1 unspecified atom stereocenters. The quantitative estimate of drug-likeness (QED) is 0.353. The summed E-state index contributed by atoms with van der Waals surface area (Å²) in [5.41, 5.74) is 7.67. The highest BCUT2D eigenvalue weighted by Gasteiger charge is 2.26. The van der Waals surface area contributed by atoms with Gasteiger partial charge >= 0.3 is 0 Å². The first kappa shape index (κ1) is 27.7. The molecule has 0 aromatic heterocycles. The van der Waals surface area contributed by atoms with Gasteiger partial charge in [-0.05, 0) is 56.5 Å². The number of hydrogen-bond donors (Lipinski definition) is 4. The van der Waals surface area contributed by atoms with Crippen molar-refractivity contribution in [1.29, 1.82) is 0 Å². The van der Waals surface area contributed by atoms with E-state index in [1.165, 1.54) is 26.0 Å². The number of nitrogens with two attached hydrogens (primary N) is 1. The Kier molecular flexibility index (Phi) is 10.6. The lowest BCUT2D eigenvalue weighted by Crippen LogP contribution is -2.53. The van der Waals surface area contributed by atoms with Crippen LogP contribution in [0, 0.1) is 0 Å². The molecule has 0 spiro atoms. The van der Waals surface area contributed by atoms with Gasteiger partial charge in [-0.1, -0.05) is 49.4 Å². The average Bonchev–Trinajstić information content (AvgIpc) is 2.83. The van der Waals surface area contributed by atoms with E-state index in [0.29, 0.717) is 13.0 Å². The number of phenols is 1. The van der Waals surface area contributed by atoms with Crippen molar-refractivity contribution in [2.24, 2.45) is 5.73 Å². The molecule has 9 heteroatoms. The van der Waals surface area contributed by atoms with E-state index in [0.717, 1.165) is 11.1 Å². The van der Waals surface area contributed by atoms with Crippen LogP contribution in [0.1, 0.15) is 31.9 Å². The number of ketones is 1. The van der Waals surface area contributed by atoms with Gasteiger partial charge in [-0.2, -0.15) is 0 Å². The number of benzene rings is 2. The Hall–Kier alpha value is -3.56. The number of carbonyl (C=O) groups is 4. The summed E-state index contributed by atoms with van der Waals surface area (Å²) >= 11 is 0. The van der Waals surface area contributed by atoms with Crippen LogP contribution in [0.4, 0.5) is 0 Å². The molecule has 0 bridgehead atoms. The summed E-state index contributed by atoms with van der Waals surface area (Å²) in [5.74, 6) is -1.73. The lowest BCUT2D eigenvalue weighted by Gasteiger charge is -2.28. The molecule has 0 radical (unpaired) electrons. The van der Waals surface area contributed by atoms with Crippen LogP contribution >= 0.6 is 0 Å². The maximum Gasteiger partial charge on any atom is 0.248 e. The maximum atomic E-state index is 12.6. The molecule has 2 rings (SSSR count). The molecule has 2 aromatic carbocycles. The van der Waals surface area contributed by atoms with E-state index in [4.69, 9.17) is 5.73 Å². The zero-order valence-electron chi connectivity index (χ0n) is 20.4. The number of carbonyl (C=O) groups excluding carboxylic acids is 4. The van der Waals surface area contributed by atoms with Crippen LogP contribution in [0.2, 0.25) is 0 Å². The summed E-state index contributed by atoms with van der Waals surface area (Å²) in [6, 6.07) is 13.4. The number of amides is 3. The van der Waals surface area contributed by atoms with E-state index in [9.17, 15) is 24.3 Å². The average molecular weight is 483 g/mol. The summed E-state index contributed by atoms with van der Waals surface area (Å²) < 4.78 is 0. The predicted molar refractivity (Wildman–Crippen MR) is 132 cm³/mol. The van der Waals surface area contributed by atoms with E-state index in [1.807, 2.05) is 37.3 Å². The third-order valence-electron chi connectivity index (χ3n) is 5.68. The third-order valence-corrected chi connectivity index (χ3v) is 5.68. The van der Waals surface area contributed by atoms with Gasteiger partial charge in [0.25, 0.3) is 0 Å². The molecule has 0 fully saturated rings. The lowest BCUT2D eigenvalue weighted by atomic mass is 10.0. The first-order chi connectivity index (χ1) is 16.6. The fourth-order valence-electron chi connectivity index (χ4n) is 3.64. The van der Waals surface area contributed by atoms with E-state index in [1.54, 1.807) is 17.0 Å². The minimum Gasteiger partial charge on any atom is -0.508 e. The molecule has 0 saturated carbocycles. The van der Waals surface area contributed by atoms with Crippen LogP contribution < -0.4 is 16.4 Å². The van der Waals surface area contributed by atoms with Crippen LogP contribution in [0.5, 0.6) is 5.75 Å². The van der Waals surface area contributed by atoms with Crippen LogP contribution in [0.25, 0.3) is 0 Å². The molecular formula is C26H34N4O5. The van der Waals surface area contributed by atoms with Crippen molar-refractivity contribution >= 4 is 23.5 Å². The fraction of sp³-hybridized carbons (Fsp3) is 0.385. The van der Waals surface area contributed by atoms with Gasteiger partial charge in [0.05, 0.1) is 18.6 Å². The topological polar surface area (TPSA) is 142 Å². The van der Waals surface area contributed by atoms with Crippen molar-refractivity contribution in [3.8, 4) is 5.75 Å². The van der Waals surface area contributed by atoms with E-state index >= 15 is 0 Å². The molecule has 0 aliphatic heterocycles. The smallest absolute Gasteiger partial charge is 0.248 e. The van der Waals surface area contributed by atoms with Crippen molar-refractivity contribution in [3.05, 3.63) is 65.7 Å². The molecule has 9 nitrogen and oxygen atoms in total. The molecule has 3 atom stereocenters. The molecule has 5 N–H and O–H groups in total. The lowest BCUT2D eigenvalue weighted by molar-refractivity contribution is -0.135. The highest BCUT2D eigenvalue weighted by atomic mass is 16.3. The summed E-state index contributed by atoms with van der Waals surface area (Å²) in [4.78, 5) is 51.4. The normalized spacial score (nSPS) is 13.5. The number of aromatic hydroxyl groups is 1. The van der Waals surface area contributed by atoms with Gasteiger partial charge < -0.3 is 16.2 Å². The molecular weight excluding hydrogens is 448 g/mol. The standard InChI is InChI=1S/C26H34N4O5/c1-4-30(23(18(3)31)15-19-8-6-5-7-9-19)16-24(33)29-25(34)17(2)28-26(35)22(27)14-20-10-12-21(32)13-11-20/h5-13,17,22-23,32H,4,14-16,27H2,1-3H3,(H,28,35)(H,29,33,34)/t17-,22+,23?/m1/s1. The number of hydrogen-bond acceptors (Lipinski definition) is 7. The van der Waals surface area contributed by atoms with E-state index in [2.05, 4.69) is 10.6 Å². The minimum atomic E-state index is -0.986. The Bertz CT molecular complexity index is 1010. The Balaban J connectivity index is 1.89. The van der Waals surface area contributed by atoms with Gasteiger partial charge in [-0.15, -0.1) is 0 Å². The zero-order valence-corrected chi connectivity index (χ0v) is 20.4. The van der Waals surface area contributed by atoms with Crippen molar-refractivity contribution < 1.29 is 24.3 Å². The number of imide groups is 1. The van der Waals surface area contributed by atoms with Gasteiger partial charge in [0.15, 0.2) is 0 Å². The summed E-state index contributed by atoms with van der Waals surface area (Å²) in [6.45, 7) is 5.09. The van der Waals surface area contributed by atoms with Gasteiger partial charge in [0, 0.05) is 0 Å². The molecule has 0 saturated heterocycles. The fourth-order valence-corrected chi connectivity index (χ4v) is 3.64. The Morgan fingerprint density at radius 1 is 0.943 bits per heavy atom. The summed E-state index contributed by atoms with van der Waals surface area (Å²) in [5, 5.41) is 14.1. The highest BCUT2D eigenvalue weighted by Crippen LogP contribution is 2.12. The van der Waals surface area contributed by atoms with Crippen LogP contribution in [0.15, 0.2) is 54.6 Å². The Morgan fingerprint density at radius 3 is 2.11 bits per heavy atom. The first-order valence-electron chi connectivity index (χ1n) is 11.6. The highest BCUT2D eigenvalue weighted by molar-refractivity contribution is 6.00. The molecule has 0 aliphatic rings. The number of nitrogens with one attached hydrogen (secondary N) is 2.